The van der Waals surface area contributed by atoms with Crippen LogP contribution in [0.1, 0.15) is 29.1 Å². The average Bonchev–Trinajstić information content (AvgIpc) is 3.36. The number of methoxy groups -OCH3 is 1. The van der Waals surface area contributed by atoms with Gasteiger partial charge in [-0.2, -0.15) is 10.2 Å². The molecule has 4 rings (SSSR count). The Morgan fingerprint density at radius 1 is 1.22 bits per heavy atom. The number of H-pyrrole nitrogens is 2. The number of nitrogens with one attached hydrogen (secondary N) is 3. The molecule has 0 saturated carbocycles. The van der Waals surface area contributed by atoms with Gasteiger partial charge >= 0.3 is 0 Å². The van der Waals surface area contributed by atoms with E-state index in [0.717, 1.165) is 28.0 Å². The molecular weight excluding hydrogens is 410 g/mol. The quantitative estimate of drug-likeness (QED) is 0.407. The number of rotatable bonds is 7. The van der Waals surface area contributed by atoms with Crippen molar-refractivity contribution in [1.82, 2.24) is 35.3 Å². The summed E-state index contributed by atoms with van der Waals surface area (Å²) in [6.45, 7) is 4.02. The van der Waals surface area contributed by atoms with Crippen molar-refractivity contribution in [2.45, 2.75) is 33.2 Å². The fourth-order valence-corrected chi connectivity index (χ4v) is 3.81. The summed E-state index contributed by atoms with van der Waals surface area (Å²) in [6.07, 6.45) is 0.527. The van der Waals surface area contributed by atoms with Gasteiger partial charge in [-0.25, -0.2) is 4.98 Å². The largest absolute Gasteiger partial charge is 0.497 e. The van der Waals surface area contributed by atoms with Gasteiger partial charge in [0.25, 0.3) is 5.56 Å². The SMILES string of the molecule is COc1ccc(-c2n[nH]c(CNC(=O)CCc3c(C)c4c(C)nn(C)c4[nH]c3=O)n2)cc1. The Kier molecular flexibility index (Phi) is 5.76. The van der Waals surface area contributed by atoms with Crippen molar-refractivity contribution < 1.29 is 9.53 Å². The average molecular weight is 435 g/mol. The summed E-state index contributed by atoms with van der Waals surface area (Å²) in [5, 5.41) is 15.1. The van der Waals surface area contributed by atoms with Crippen LogP contribution in [0.4, 0.5) is 0 Å². The Labute approximate surface area is 184 Å². The lowest BCUT2D eigenvalue weighted by atomic mass is 10.0. The first kappa shape index (κ1) is 21.3. The maximum atomic E-state index is 12.5. The molecule has 0 atom stereocenters. The molecule has 3 aromatic heterocycles. The van der Waals surface area contributed by atoms with Crippen LogP contribution >= 0.6 is 0 Å². The second kappa shape index (κ2) is 8.66. The highest BCUT2D eigenvalue weighted by Gasteiger charge is 2.16. The van der Waals surface area contributed by atoms with E-state index >= 15 is 0 Å². The summed E-state index contributed by atoms with van der Waals surface area (Å²) in [7, 11) is 3.40. The second-order valence-corrected chi connectivity index (χ2v) is 7.60. The molecule has 0 aliphatic carbocycles. The number of aryl methyl sites for hydroxylation is 3. The van der Waals surface area contributed by atoms with E-state index in [4.69, 9.17) is 4.74 Å². The van der Waals surface area contributed by atoms with E-state index in [0.29, 0.717) is 29.3 Å². The van der Waals surface area contributed by atoms with E-state index in [1.165, 1.54) is 0 Å². The lowest BCUT2D eigenvalue weighted by molar-refractivity contribution is -0.121. The number of fused-ring (bicyclic) bond motifs is 1. The number of nitrogens with zero attached hydrogens (tertiary/aromatic N) is 4. The van der Waals surface area contributed by atoms with Gasteiger partial charge in [-0.1, -0.05) is 0 Å². The Morgan fingerprint density at radius 2 is 1.97 bits per heavy atom. The second-order valence-electron chi connectivity index (χ2n) is 7.60. The highest BCUT2D eigenvalue weighted by atomic mass is 16.5. The van der Waals surface area contributed by atoms with E-state index < -0.39 is 0 Å². The number of hydrogen-bond acceptors (Lipinski definition) is 6. The fraction of sp³-hybridized carbons (Fsp3) is 0.318. The summed E-state index contributed by atoms with van der Waals surface area (Å²) < 4.78 is 6.81. The first-order valence-electron chi connectivity index (χ1n) is 10.2. The lowest BCUT2D eigenvalue weighted by Gasteiger charge is -2.07. The number of amides is 1. The molecule has 32 heavy (non-hydrogen) atoms. The topological polar surface area (TPSA) is 131 Å². The third-order valence-corrected chi connectivity index (χ3v) is 5.49. The molecule has 0 radical (unpaired) electrons. The molecule has 10 nitrogen and oxygen atoms in total. The van der Waals surface area contributed by atoms with E-state index in [1.807, 2.05) is 38.1 Å². The summed E-state index contributed by atoms with van der Waals surface area (Å²) in [4.78, 5) is 32.2. The molecule has 0 aliphatic rings. The van der Waals surface area contributed by atoms with Crippen LogP contribution in [-0.2, 0) is 24.8 Å². The number of carbonyl (C=O) groups excluding carboxylic acids is 1. The first-order valence-corrected chi connectivity index (χ1v) is 10.2. The predicted octanol–water partition coefficient (Wildman–Crippen LogP) is 1.92. The molecule has 1 amide bonds. The summed E-state index contributed by atoms with van der Waals surface area (Å²) in [5.41, 5.74) is 3.66. The number of carbonyl (C=O) groups is 1. The van der Waals surface area contributed by atoms with Gasteiger partial charge in [0.15, 0.2) is 5.82 Å². The van der Waals surface area contributed by atoms with Crippen molar-refractivity contribution in [3.05, 3.63) is 57.3 Å². The normalized spacial score (nSPS) is 11.1. The minimum Gasteiger partial charge on any atom is -0.497 e. The van der Waals surface area contributed by atoms with E-state index in [9.17, 15) is 9.59 Å². The van der Waals surface area contributed by atoms with Crippen LogP contribution in [0, 0.1) is 13.8 Å². The van der Waals surface area contributed by atoms with Gasteiger partial charge < -0.3 is 15.0 Å². The molecule has 0 spiro atoms. The minimum atomic E-state index is -0.190. The number of ether oxygens (including phenoxy) is 1. The third kappa shape index (κ3) is 4.11. The van der Waals surface area contributed by atoms with Crippen LogP contribution in [-0.4, -0.2) is 43.0 Å². The number of hydrogen-bond donors (Lipinski definition) is 3. The van der Waals surface area contributed by atoms with E-state index in [1.54, 1.807) is 18.8 Å². The molecule has 3 N–H and O–H groups in total. The van der Waals surface area contributed by atoms with E-state index in [-0.39, 0.29) is 24.4 Å². The van der Waals surface area contributed by atoms with E-state index in [2.05, 4.69) is 30.6 Å². The summed E-state index contributed by atoms with van der Waals surface area (Å²) >= 11 is 0. The molecule has 0 unspecified atom stereocenters. The van der Waals surface area contributed by atoms with Gasteiger partial charge in [0.2, 0.25) is 5.91 Å². The van der Waals surface area contributed by atoms with Crippen molar-refractivity contribution in [2.75, 3.05) is 7.11 Å². The van der Waals surface area contributed by atoms with Gasteiger partial charge in [-0.15, -0.1) is 0 Å². The Balaban J connectivity index is 1.37. The van der Waals surface area contributed by atoms with Crippen molar-refractivity contribution in [1.29, 1.82) is 0 Å². The Hall–Kier alpha value is -3.95. The summed E-state index contributed by atoms with van der Waals surface area (Å²) in [6, 6.07) is 7.40. The fourth-order valence-electron chi connectivity index (χ4n) is 3.81. The third-order valence-electron chi connectivity index (χ3n) is 5.49. The number of benzene rings is 1. The van der Waals surface area contributed by atoms with Crippen LogP contribution in [0.2, 0.25) is 0 Å². The molecule has 0 bridgehead atoms. The molecule has 3 heterocycles. The van der Waals surface area contributed by atoms with Crippen LogP contribution < -0.4 is 15.6 Å². The molecule has 4 aromatic rings. The monoisotopic (exact) mass is 435 g/mol. The van der Waals surface area contributed by atoms with Gasteiger partial charge in [0, 0.05) is 30.0 Å². The first-order chi connectivity index (χ1) is 15.4. The Bertz CT molecular complexity index is 1330. The van der Waals surface area contributed by atoms with Crippen molar-refractivity contribution in [3.63, 3.8) is 0 Å². The lowest BCUT2D eigenvalue weighted by Crippen LogP contribution is -2.25. The molecule has 0 fully saturated rings. The van der Waals surface area contributed by atoms with Crippen LogP contribution in [0.15, 0.2) is 29.1 Å². The van der Waals surface area contributed by atoms with Crippen molar-refractivity contribution in [2.24, 2.45) is 7.05 Å². The zero-order valence-corrected chi connectivity index (χ0v) is 18.4. The zero-order valence-electron chi connectivity index (χ0n) is 18.4. The molecule has 1 aromatic carbocycles. The molecule has 0 aliphatic heterocycles. The minimum absolute atomic E-state index is 0.172. The standard InChI is InChI=1S/C22H25N7O3/c1-12-16(22(31)25-21-19(12)13(2)28-29(21)3)9-10-18(30)23-11-17-24-20(27-26-17)14-5-7-15(32-4)8-6-14/h5-8H,9-11H2,1-4H3,(H,23,30)(H,25,31)(H,24,26,27). The van der Waals surface area contributed by atoms with Gasteiger partial charge in [-0.05, 0) is 50.1 Å². The van der Waals surface area contributed by atoms with Crippen molar-refractivity contribution >= 4 is 16.9 Å². The van der Waals surface area contributed by atoms with Crippen molar-refractivity contribution in [3.8, 4) is 17.1 Å². The van der Waals surface area contributed by atoms with Crippen LogP contribution in [0.25, 0.3) is 22.4 Å². The maximum Gasteiger partial charge on any atom is 0.253 e. The molecular formula is C22H25N7O3. The smallest absolute Gasteiger partial charge is 0.253 e. The maximum absolute atomic E-state index is 12.5. The highest BCUT2D eigenvalue weighted by Crippen LogP contribution is 2.21. The predicted molar refractivity (Wildman–Crippen MR) is 119 cm³/mol. The number of aromatic nitrogens is 6. The zero-order chi connectivity index (χ0) is 22.8. The van der Waals surface area contributed by atoms with Gasteiger partial charge in [-0.3, -0.25) is 19.4 Å². The molecule has 166 valence electrons. The Morgan fingerprint density at radius 3 is 2.69 bits per heavy atom. The number of pyridine rings is 1. The molecule has 10 heteroatoms. The summed E-state index contributed by atoms with van der Waals surface area (Å²) in [5.74, 6) is 1.67. The van der Waals surface area contributed by atoms with Gasteiger partial charge in [0.1, 0.15) is 17.2 Å². The van der Waals surface area contributed by atoms with Gasteiger partial charge in [0.05, 0.1) is 19.3 Å². The highest BCUT2D eigenvalue weighted by molar-refractivity contribution is 5.83. The van der Waals surface area contributed by atoms with Crippen LogP contribution in [0.3, 0.4) is 0 Å². The number of aromatic amines is 2. The molecule has 0 saturated heterocycles. The van der Waals surface area contributed by atoms with Crippen LogP contribution in [0.5, 0.6) is 5.75 Å².